The van der Waals surface area contributed by atoms with Gasteiger partial charge in [0.05, 0.1) is 37.6 Å². The minimum absolute atomic E-state index is 0.0610. The summed E-state index contributed by atoms with van der Waals surface area (Å²) in [5.41, 5.74) is 11.6. The number of fused-ring (bicyclic) bond motifs is 1. The fraction of sp³-hybridized carbons (Fsp3) is 0.440. The fourth-order valence-corrected chi connectivity index (χ4v) is 8.83. The third kappa shape index (κ3) is 12.0. The average molecular weight is 983 g/mol. The Kier molecular flexibility index (Phi) is 17.3. The van der Waals surface area contributed by atoms with Crippen LogP contribution in [0.4, 0.5) is 4.79 Å². The zero-order valence-corrected chi connectivity index (χ0v) is 38.9. The molecule has 0 aliphatic carbocycles. The number of hydrogen-bond acceptors (Lipinski definition) is 18. The van der Waals surface area contributed by atoms with Crippen molar-refractivity contribution in [3.05, 3.63) is 154 Å². The molecule has 2 N–H and O–H groups in total. The number of methoxy groups -OCH3 is 2. The summed E-state index contributed by atoms with van der Waals surface area (Å²) in [4.78, 5) is 57.8. The molecule has 4 fully saturated rings. The maximum absolute atomic E-state index is 14.3. The molecule has 4 aromatic rings. The van der Waals surface area contributed by atoms with Crippen molar-refractivity contribution in [3.8, 4) is 0 Å². The molecule has 21 heteroatoms. The smallest absolute Gasteiger partial charge is 0.408 e. The molecule has 4 saturated heterocycles. The van der Waals surface area contributed by atoms with Crippen LogP contribution in [0.1, 0.15) is 45.2 Å². The highest BCUT2D eigenvalue weighted by molar-refractivity contribution is 5.90. The Morgan fingerprint density at radius 3 is 1.83 bits per heavy atom. The van der Waals surface area contributed by atoms with Gasteiger partial charge in [0, 0.05) is 12.0 Å². The summed E-state index contributed by atoms with van der Waals surface area (Å²) in [6.07, 6.45) is -18.9. The van der Waals surface area contributed by atoms with Gasteiger partial charge < -0.3 is 67.3 Å². The Labute approximate surface area is 408 Å². The third-order valence-electron chi connectivity index (χ3n) is 12.4. The quantitative estimate of drug-likeness (QED) is 0.0415. The molecular weight excluding hydrogens is 929 g/mol. The second-order valence-electron chi connectivity index (χ2n) is 16.8. The fourth-order valence-electron chi connectivity index (χ4n) is 8.83. The standard InChI is InChI=1S/C50H54N4O17/c1-4-32-36(55)38-34(52-50(59)71-38)48(65-32)69-41-40(63-26-29-19-11-6-12-20-29)43(67-45(57)31-23-15-8-16-24-31)49(70-42(41)46(58)60-2)68-37-33(27-64-44(56)30-21-13-7-14-22-30)66-47(61-3)35(53-54-51)39(37)62-25-28-17-9-5-10-18-28/h5-24,32-43,47-49,55H,4,25-27H2,1-3H3,(H,52,59)/t32?,33?,34?,35?,36-,37-,38+,39+,40+,41+,42?,43?,47+,48-,49+/m0/s1. The summed E-state index contributed by atoms with van der Waals surface area (Å²) >= 11 is 0. The number of esters is 3. The number of carbonyl (C=O) groups excluding carboxylic acids is 4. The Morgan fingerprint density at radius 2 is 1.25 bits per heavy atom. The summed E-state index contributed by atoms with van der Waals surface area (Å²) < 4.78 is 74.7. The Morgan fingerprint density at radius 1 is 0.690 bits per heavy atom. The van der Waals surface area contributed by atoms with Crippen LogP contribution in [-0.4, -0.2) is 142 Å². The molecule has 71 heavy (non-hydrogen) atoms. The largest absolute Gasteiger partial charge is 0.467 e. The molecule has 4 heterocycles. The van der Waals surface area contributed by atoms with E-state index in [0.717, 1.165) is 12.7 Å². The molecule has 21 nitrogen and oxygen atoms in total. The van der Waals surface area contributed by atoms with Gasteiger partial charge in [-0.05, 0) is 47.3 Å². The van der Waals surface area contributed by atoms with Crippen molar-refractivity contribution >= 4 is 24.0 Å². The number of alkyl carbamates (subject to hydrolysis) is 1. The second-order valence-corrected chi connectivity index (χ2v) is 16.8. The lowest BCUT2D eigenvalue weighted by molar-refractivity contribution is -0.364. The number of nitrogens with one attached hydrogen (secondary N) is 1. The van der Waals surface area contributed by atoms with Crippen LogP contribution in [0.25, 0.3) is 10.4 Å². The molecule has 0 radical (unpaired) electrons. The summed E-state index contributed by atoms with van der Waals surface area (Å²) in [6, 6.07) is 31.9. The molecule has 0 bridgehead atoms. The summed E-state index contributed by atoms with van der Waals surface area (Å²) in [7, 11) is 2.45. The van der Waals surface area contributed by atoms with E-state index in [9.17, 15) is 29.8 Å². The van der Waals surface area contributed by atoms with Crippen molar-refractivity contribution in [2.45, 2.75) is 119 Å². The molecule has 6 unspecified atom stereocenters. The van der Waals surface area contributed by atoms with Crippen molar-refractivity contribution in [2.75, 3.05) is 20.8 Å². The number of rotatable bonds is 19. The van der Waals surface area contributed by atoms with E-state index in [2.05, 4.69) is 15.3 Å². The highest BCUT2D eigenvalue weighted by Gasteiger charge is 2.60. The van der Waals surface area contributed by atoms with Crippen LogP contribution >= 0.6 is 0 Å². The van der Waals surface area contributed by atoms with E-state index in [4.69, 9.17) is 56.8 Å². The van der Waals surface area contributed by atoms with Gasteiger partial charge in [-0.25, -0.2) is 19.2 Å². The molecule has 1 amide bonds. The zero-order chi connectivity index (χ0) is 49.9. The molecule has 0 spiro atoms. The van der Waals surface area contributed by atoms with Crippen molar-refractivity contribution in [3.63, 3.8) is 0 Å². The van der Waals surface area contributed by atoms with Gasteiger partial charge in [0.1, 0.15) is 55.3 Å². The van der Waals surface area contributed by atoms with Crippen molar-refractivity contribution in [1.29, 1.82) is 0 Å². The van der Waals surface area contributed by atoms with E-state index < -0.39 is 123 Å². The molecule has 8 rings (SSSR count). The maximum atomic E-state index is 14.3. The first kappa shape index (κ1) is 50.9. The number of amides is 1. The number of benzene rings is 4. The van der Waals surface area contributed by atoms with Crippen molar-refractivity contribution in [2.24, 2.45) is 5.11 Å². The van der Waals surface area contributed by atoms with Crippen LogP contribution in [0.3, 0.4) is 0 Å². The van der Waals surface area contributed by atoms with Crippen molar-refractivity contribution in [1.82, 2.24) is 5.32 Å². The molecular formula is C50H54N4O17. The predicted molar refractivity (Wildman–Crippen MR) is 244 cm³/mol. The normalized spacial score (nSPS) is 31.2. The van der Waals surface area contributed by atoms with Gasteiger partial charge in [0.25, 0.3) is 0 Å². The lowest BCUT2D eigenvalue weighted by Crippen LogP contribution is -2.68. The molecule has 0 aromatic heterocycles. The molecule has 4 aromatic carbocycles. The summed E-state index contributed by atoms with van der Waals surface area (Å²) in [5, 5.41) is 17.8. The molecule has 4 aliphatic heterocycles. The summed E-state index contributed by atoms with van der Waals surface area (Å²) in [6.45, 7) is 1.05. The maximum Gasteiger partial charge on any atom is 0.408 e. The van der Waals surface area contributed by atoms with Gasteiger partial charge in [0.15, 0.2) is 37.2 Å². The number of nitrogens with zero attached hydrogens (tertiary/aromatic N) is 3. The second kappa shape index (κ2) is 24.1. The SMILES string of the molecule is CCC1O[C@@H](O[C@H]2C(C(=O)OC)O[C@@H](O[C@H]3C(COC(=O)c4ccccc4)O[C@@H](OC)C(N=[N+]=[N-])[C@H]3OCc3ccccc3)C(OC(=O)c3ccccc3)[C@@H]2OCc2ccccc2)C2NC(=O)O[C@H]2[C@H]1O. The molecule has 15 atom stereocenters. The monoisotopic (exact) mass is 982 g/mol. The molecule has 376 valence electrons. The van der Waals surface area contributed by atoms with E-state index in [1.54, 1.807) is 79.7 Å². The van der Waals surface area contributed by atoms with Crippen LogP contribution in [0.15, 0.2) is 126 Å². The van der Waals surface area contributed by atoms with Crippen LogP contribution in [0.2, 0.25) is 0 Å². The highest BCUT2D eigenvalue weighted by atomic mass is 16.8. The first-order valence-electron chi connectivity index (χ1n) is 23.0. The number of aliphatic hydroxyl groups excluding tert-OH is 1. The van der Waals surface area contributed by atoms with Crippen LogP contribution in [0.5, 0.6) is 0 Å². The van der Waals surface area contributed by atoms with Crippen LogP contribution in [0, 0.1) is 0 Å². The zero-order valence-electron chi connectivity index (χ0n) is 38.9. The third-order valence-corrected chi connectivity index (χ3v) is 12.4. The first-order chi connectivity index (χ1) is 34.6. The Bertz CT molecular complexity index is 2440. The molecule has 0 saturated carbocycles. The average Bonchev–Trinajstić information content (AvgIpc) is 3.82. The van der Waals surface area contributed by atoms with E-state index in [0.29, 0.717) is 5.56 Å². The van der Waals surface area contributed by atoms with Gasteiger partial charge in [-0.3, -0.25) is 0 Å². The minimum Gasteiger partial charge on any atom is -0.467 e. The first-order valence-corrected chi connectivity index (χ1v) is 23.0. The van der Waals surface area contributed by atoms with Crippen LogP contribution in [-0.2, 0) is 74.9 Å². The number of carbonyl (C=O) groups is 4. The lowest BCUT2D eigenvalue weighted by Gasteiger charge is -2.49. The summed E-state index contributed by atoms with van der Waals surface area (Å²) in [5.74, 6) is -2.57. The van der Waals surface area contributed by atoms with Gasteiger partial charge in [0.2, 0.25) is 0 Å². The highest BCUT2D eigenvalue weighted by Crippen LogP contribution is 2.39. The topological polar surface area (TPSA) is 260 Å². The number of azide groups is 1. The molecule has 4 aliphatic rings. The predicted octanol–water partition coefficient (Wildman–Crippen LogP) is 4.93. The van der Waals surface area contributed by atoms with Gasteiger partial charge in [-0.1, -0.05) is 109 Å². The van der Waals surface area contributed by atoms with Gasteiger partial charge >= 0.3 is 24.0 Å². The number of hydrogen-bond donors (Lipinski definition) is 2. The van der Waals surface area contributed by atoms with Crippen molar-refractivity contribution < 1.29 is 81.1 Å². The van der Waals surface area contributed by atoms with Gasteiger partial charge in [-0.2, -0.15) is 0 Å². The van der Waals surface area contributed by atoms with E-state index in [1.807, 2.05) is 36.4 Å². The van der Waals surface area contributed by atoms with Gasteiger partial charge in [-0.15, -0.1) is 0 Å². The van der Waals surface area contributed by atoms with E-state index >= 15 is 0 Å². The Balaban J connectivity index is 1.23. The van der Waals surface area contributed by atoms with E-state index in [1.165, 1.54) is 19.2 Å². The van der Waals surface area contributed by atoms with Crippen LogP contribution < -0.4 is 5.32 Å². The van der Waals surface area contributed by atoms with E-state index in [-0.39, 0.29) is 30.8 Å². The Hall–Kier alpha value is -6.49. The number of aliphatic hydroxyl groups is 1. The minimum atomic E-state index is -1.82. The lowest BCUT2D eigenvalue weighted by atomic mass is 9.94. The number of ether oxygens (including phenoxy) is 12.